The Morgan fingerprint density at radius 1 is 1.04 bits per heavy atom. The number of methoxy groups -OCH3 is 1. The van der Waals surface area contributed by atoms with Gasteiger partial charge in [0.2, 0.25) is 0 Å². The predicted octanol–water partition coefficient (Wildman–Crippen LogP) is 4.01. The molecule has 6 heteroatoms. The van der Waals surface area contributed by atoms with Crippen molar-refractivity contribution >= 4 is 41.5 Å². The van der Waals surface area contributed by atoms with Gasteiger partial charge < -0.3 is 15.4 Å². The zero-order valence-corrected chi connectivity index (χ0v) is 17.7. The summed E-state index contributed by atoms with van der Waals surface area (Å²) in [5.74, 6) is 0.786. The van der Waals surface area contributed by atoms with Gasteiger partial charge in [-0.1, -0.05) is 48.0 Å². The van der Waals surface area contributed by atoms with Crippen LogP contribution in [0.25, 0.3) is 0 Å². The highest BCUT2D eigenvalue weighted by Crippen LogP contribution is 2.10. The molecule has 4 nitrogen and oxygen atoms in total. The number of ether oxygens (including phenoxy) is 1. The van der Waals surface area contributed by atoms with Crippen molar-refractivity contribution in [3.63, 3.8) is 0 Å². The van der Waals surface area contributed by atoms with Gasteiger partial charge in [0.25, 0.3) is 0 Å². The van der Waals surface area contributed by atoms with Crippen LogP contribution >= 0.6 is 35.6 Å². The fraction of sp³-hybridized carbons (Fsp3) is 0.316. The minimum atomic E-state index is 0. The van der Waals surface area contributed by atoms with Crippen LogP contribution in [0.2, 0.25) is 5.02 Å². The highest BCUT2D eigenvalue weighted by atomic mass is 127. The summed E-state index contributed by atoms with van der Waals surface area (Å²) >= 11 is 6.00. The number of aliphatic imine (C=N–C) groups is 1. The van der Waals surface area contributed by atoms with E-state index in [1.54, 1.807) is 14.2 Å². The lowest BCUT2D eigenvalue weighted by atomic mass is 10.1. The molecule has 0 heterocycles. The second-order valence-electron chi connectivity index (χ2n) is 5.49. The van der Waals surface area contributed by atoms with Crippen molar-refractivity contribution < 1.29 is 4.74 Å². The monoisotopic (exact) mass is 473 g/mol. The first-order chi connectivity index (χ1) is 11.7. The van der Waals surface area contributed by atoms with Crippen molar-refractivity contribution in [3.05, 3.63) is 70.2 Å². The van der Waals surface area contributed by atoms with Crippen molar-refractivity contribution in [1.82, 2.24) is 10.6 Å². The molecule has 2 aromatic rings. The molecule has 2 N–H and O–H groups in total. The maximum absolute atomic E-state index is 6.00. The molecule has 0 saturated carbocycles. The first-order valence-electron chi connectivity index (χ1n) is 7.97. The molecule has 0 spiro atoms. The summed E-state index contributed by atoms with van der Waals surface area (Å²) in [7, 11) is 3.48. The van der Waals surface area contributed by atoms with E-state index in [-0.39, 0.29) is 24.0 Å². The van der Waals surface area contributed by atoms with Crippen molar-refractivity contribution in [3.8, 4) is 0 Å². The van der Waals surface area contributed by atoms with Crippen LogP contribution in [0.3, 0.4) is 0 Å². The largest absolute Gasteiger partial charge is 0.380 e. The number of hydrogen-bond acceptors (Lipinski definition) is 2. The van der Waals surface area contributed by atoms with Crippen LogP contribution in [-0.2, 0) is 24.3 Å². The molecule has 0 fully saturated rings. The summed E-state index contributed by atoms with van der Waals surface area (Å²) < 4.78 is 5.17. The van der Waals surface area contributed by atoms with Gasteiger partial charge in [0.1, 0.15) is 0 Å². The van der Waals surface area contributed by atoms with E-state index in [4.69, 9.17) is 16.3 Å². The Bertz CT molecular complexity index is 679. The third-order valence-electron chi connectivity index (χ3n) is 3.58. The van der Waals surface area contributed by atoms with Gasteiger partial charge in [-0.15, -0.1) is 24.0 Å². The van der Waals surface area contributed by atoms with Crippen molar-refractivity contribution in [2.75, 3.05) is 20.7 Å². The molecule has 2 rings (SSSR count). The van der Waals surface area contributed by atoms with Crippen molar-refractivity contribution in [1.29, 1.82) is 0 Å². The van der Waals surface area contributed by atoms with Crippen LogP contribution in [0.5, 0.6) is 0 Å². The Morgan fingerprint density at radius 2 is 1.76 bits per heavy atom. The van der Waals surface area contributed by atoms with Gasteiger partial charge in [-0.05, 0) is 35.2 Å². The first-order valence-corrected chi connectivity index (χ1v) is 8.35. The fourth-order valence-corrected chi connectivity index (χ4v) is 2.63. The van der Waals surface area contributed by atoms with E-state index in [1.165, 1.54) is 16.7 Å². The lowest BCUT2D eigenvalue weighted by molar-refractivity contribution is 0.185. The number of nitrogens with one attached hydrogen (secondary N) is 2. The summed E-state index contributed by atoms with van der Waals surface area (Å²) in [6.07, 6.45) is 0.893. The van der Waals surface area contributed by atoms with E-state index in [1.807, 2.05) is 24.3 Å². The van der Waals surface area contributed by atoms with E-state index in [2.05, 4.69) is 39.9 Å². The van der Waals surface area contributed by atoms with Crippen LogP contribution in [0.1, 0.15) is 16.7 Å². The number of hydrogen-bond donors (Lipinski definition) is 2. The molecule has 0 unspecified atom stereocenters. The lowest BCUT2D eigenvalue weighted by Gasteiger charge is -2.12. The molecule has 0 aliphatic heterocycles. The third kappa shape index (κ3) is 8.07. The third-order valence-corrected chi connectivity index (χ3v) is 3.82. The van der Waals surface area contributed by atoms with Crippen molar-refractivity contribution in [2.24, 2.45) is 4.99 Å². The maximum Gasteiger partial charge on any atom is 0.191 e. The number of rotatable bonds is 7. The standard InChI is InChI=1S/C19H24ClN3O.HI/c1-21-19(22-10-9-15-5-4-8-18(20)12-15)23-13-16-6-3-7-17(11-16)14-24-2;/h3-8,11-12H,9-10,13-14H2,1-2H3,(H2,21,22,23);1H. The minimum absolute atomic E-state index is 0. The number of guanidine groups is 1. The minimum Gasteiger partial charge on any atom is -0.380 e. The molecule has 136 valence electrons. The summed E-state index contributed by atoms with van der Waals surface area (Å²) in [5, 5.41) is 7.41. The average molecular weight is 474 g/mol. The van der Waals surface area contributed by atoms with Gasteiger partial charge in [-0.2, -0.15) is 0 Å². The van der Waals surface area contributed by atoms with Gasteiger partial charge in [0.15, 0.2) is 5.96 Å². The van der Waals surface area contributed by atoms with E-state index in [0.717, 1.165) is 23.9 Å². The normalized spacial score (nSPS) is 10.9. The van der Waals surface area contributed by atoms with E-state index in [0.29, 0.717) is 13.2 Å². The van der Waals surface area contributed by atoms with Gasteiger partial charge in [-0.25, -0.2) is 0 Å². The Morgan fingerprint density at radius 3 is 2.48 bits per heavy atom. The first kappa shape index (κ1) is 21.7. The van der Waals surface area contributed by atoms with Crippen LogP contribution < -0.4 is 10.6 Å². The highest BCUT2D eigenvalue weighted by Gasteiger charge is 2.00. The number of nitrogens with zero attached hydrogens (tertiary/aromatic N) is 1. The van der Waals surface area contributed by atoms with E-state index < -0.39 is 0 Å². The molecule has 0 amide bonds. The molecule has 0 bridgehead atoms. The summed E-state index contributed by atoms with van der Waals surface area (Å²) in [4.78, 5) is 4.25. The van der Waals surface area contributed by atoms with Crippen LogP contribution in [0, 0.1) is 0 Å². The molecule has 2 aromatic carbocycles. The Balaban J connectivity index is 0.00000312. The summed E-state index contributed by atoms with van der Waals surface area (Å²) in [6.45, 7) is 2.14. The Kier molecular flexibility index (Phi) is 10.5. The number of halogens is 2. The Hall–Kier alpha value is -1.31. The van der Waals surface area contributed by atoms with Crippen LogP contribution in [0.15, 0.2) is 53.5 Å². The van der Waals surface area contributed by atoms with Crippen molar-refractivity contribution in [2.45, 2.75) is 19.6 Å². The highest BCUT2D eigenvalue weighted by molar-refractivity contribution is 14.0. The summed E-state index contributed by atoms with van der Waals surface area (Å²) in [5.41, 5.74) is 3.57. The predicted molar refractivity (Wildman–Crippen MR) is 116 cm³/mol. The molecule has 0 aliphatic rings. The van der Waals surface area contributed by atoms with E-state index in [9.17, 15) is 0 Å². The second-order valence-corrected chi connectivity index (χ2v) is 5.92. The molecule has 0 radical (unpaired) electrons. The zero-order valence-electron chi connectivity index (χ0n) is 14.6. The quantitative estimate of drug-likeness (QED) is 0.363. The van der Waals surface area contributed by atoms with Gasteiger partial charge in [0.05, 0.1) is 6.61 Å². The topological polar surface area (TPSA) is 45.7 Å². The second kappa shape index (κ2) is 12.1. The maximum atomic E-state index is 6.00. The van der Waals surface area contributed by atoms with Gasteiger partial charge in [0, 0.05) is 32.3 Å². The van der Waals surface area contributed by atoms with Crippen LogP contribution in [0.4, 0.5) is 0 Å². The Labute approximate surface area is 172 Å². The molecule has 0 aliphatic carbocycles. The molecule has 25 heavy (non-hydrogen) atoms. The SMILES string of the molecule is CN=C(NCCc1cccc(Cl)c1)NCc1cccc(COC)c1.I. The molecule has 0 aromatic heterocycles. The smallest absolute Gasteiger partial charge is 0.191 e. The van der Waals surface area contributed by atoms with Gasteiger partial charge in [-0.3, -0.25) is 4.99 Å². The van der Waals surface area contributed by atoms with E-state index >= 15 is 0 Å². The summed E-state index contributed by atoms with van der Waals surface area (Å²) in [6, 6.07) is 16.2. The molecule has 0 saturated heterocycles. The fourth-order valence-electron chi connectivity index (χ4n) is 2.42. The number of benzene rings is 2. The zero-order chi connectivity index (χ0) is 17.2. The lowest BCUT2D eigenvalue weighted by Crippen LogP contribution is -2.37. The molecular formula is C19H25ClIN3O. The van der Waals surface area contributed by atoms with Crippen LogP contribution in [-0.4, -0.2) is 26.7 Å². The average Bonchev–Trinajstić information content (AvgIpc) is 2.59. The molecule has 0 atom stereocenters. The van der Waals surface area contributed by atoms with Gasteiger partial charge >= 0.3 is 0 Å². The molecular weight excluding hydrogens is 449 g/mol.